The van der Waals surface area contributed by atoms with Gasteiger partial charge in [-0.2, -0.15) is 4.39 Å². The van der Waals surface area contributed by atoms with Crippen LogP contribution >= 0.6 is 0 Å². The summed E-state index contributed by atoms with van der Waals surface area (Å²) in [4.78, 5) is 7.89. The number of fused-ring (bicyclic) bond motifs is 1. The highest BCUT2D eigenvalue weighted by molar-refractivity contribution is 5.52. The Balaban J connectivity index is 2.80. The van der Waals surface area contributed by atoms with Gasteiger partial charge in [0.2, 0.25) is 0 Å². The van der Waals surface area contributed by atoms with Crippen molar-refractivity contribution in [3.05, 3.63) is 30.4 Å². The zero-order valence-corrected chi connectivity index (χ0v) is 8.45. The largest absolute Gasteiger partial charge is 0.294 e. The van der Waals surface area contributed by atoms with Gasteiger partial charge in [-0.05, 0) is 0 Å². The van der Waals surface area contributed by atoms with Crippen LogP contribution in [0.4, 0.5) is 4.39 Å². The summed E-state index contributed by atoms with van der Waals surface area (Å²) in [5.74, 6) is 0. The van der Waals surface area contributed by atoms with Crippen molar-refractivity contribution in [2.75, 3.05) is 0 Å². The van der Waals surface area contributed by atoms with Crippen LogP contribution in [0, 0.1) is 6.08 Å². The number of halogens is 1. The number of hydrogen-bond acceptors (Lipinski definition) is 2. The molecule has 4 heteroatoms. The van der Waals surface area contributed by atoms with Crippen molar-refractivity contribution in [3.63, 3.8) is 0 Å². The molecule has 14 heavy (non-hydrogen) atoms. The summed E-state index contributed by atoms with van der Waals surface area (Å²) < 4.78 is 14.8. The summed E-state index contributed by atoms with van der Waals surface area (Å²) in [5.41, 5.74) is 1.30. The van der Waals surface area contributed by atoms with E-state index in [2.05, 4.69) is 9.97 Å². The fourth-order valence-electron chi connectivity index (χ4n) is 1.45. The summed E-state index contributed by atoms with van der Waals surface area (Å²) in [7, 11) is 0. The van der Waals surface area contributed by atoms with Gasteiger partial charge in [-0.1, -0.05) is 20.8 Å². The fraction of sp³-hybridized carbons (Fsp3) is 0.400. The van der Waals surface area contributed by atoms with E-state index in [4.69, 9.17) is 0 Å². The molecule has 0 unspecified atom stereocenters. The SMILES string of the molecule is CC(C)(C)c1nc(F)n2ccncc12. The van der Waals surface area contributed by atoms with Crippen LogP contribution in [0.5, 0.6) is 0 Å². The van der Waals surface area contributed by atoms with Crippen molar-refractivity contribution in [1.82, 2.24) is 14.4 Å². The third-order valence-electron chi connectivity index (χ3n) is 2.11. The van der Waals surface area contributed by atoms with Crippen molar-refractivity contribution < 1.29 is 4.39 Å². The Bertz CT molecular complexity index is 468. The van der Waals surface area contributed by atoms with E-state index in [9.17, 15) is 4.39 Å². The molecule has 0 saturated heterocycles. The van der Waals surface area contributed by atoms with E-state index in [1.807, 2.05) is 20.8 Å². The Morgan fingerprint density at radius 2 is 2.07 bits per heavy atom. The van der Waals surface area contributed by atoms with Crippen molar-refractivity contribution in [3.8, 4) is 0 Å². The van der Waals surface area contributed by atoms with Crippen LogP contribution in [0.3, 0.4) is 0 Å². The molecule has 0 saturated carbocycles. The number of nitrogens with zero attached hydrogens (tertiary/aromatic N) is 3. The molecule has 2 rings (SSSR count). The van der Waals surface area contributed by atoms with Crippen molar-refractivity contribution >= 4 is 5.52 Å². The quantitative estimate of drug-likeness (QED) is 0.641. The molecule has 0 radical (unpaired) electrons. The van der Waals surface area contributed by atoms with Gasteiger partial charge in [-0.25, -0.2) is 4.98 Å². The van der Waals surface area contributed by atoms with Gasteiger partial charge in [0.05, 0.1) is 17.4 Å². The first-order valence-corrected chi connectivity index (χ1v) is 4.48. The van der Waals surface area contributed by atoms with Crippen LogP contribution in [-0.2, 0) is 5.41 Å². The lowest BCUT2D eigenvalue weighted by Gasteiger charge is -2.15. The molecular weight excluding hydrogens is 181 g/mol. The highest BCUT2D eigenvalue weighted by Crippen LogP contribution is 2.25. The predicted molar refractivity (Wildman–Crippen MR) is 51.6 cm³/mol. The van der Waals surface area contributed by atoms with Crippen LogP contribution < -0.4 is 0 Å². The minimum absolute atomic E-state index is 0.168. The van der Waals surface area contributed by atoms with Crippen LogP contribution in [0.1, 0.15) is 26.5 Å². The van der Waals surface area contributed by atoms with Crippen molar-refractivity contribution in [2.45, 2.75) is 26.2 Å². The average Bonchev–Trinajstić information content (AvgIpc) is 2.44. The molecule has 2 heterocycles. The first-order chi connectivity index (χ1) is 6.50. The summed E-state index contributed by atoms with van der Waals surface area (Å²) >= 11 is 0. The molecule has 0 aliphatic heterocycles. The van der Waals surface area contributed by atoms with E-state index < -0.39 is 6.08 Å². The second-order valence-electron chi connectivity index (χ2n) is 4.31. The molecular formula is C10H12FN3. The van der Waals surface area contributed by atoms with E-state index in [1.54, 1.807) is 18.6 Å². The summed E-state index contributed by atoms with van der Waals surface area (Å²) in [6.07, 6.45) is 4.28. The maximum absolute atomic E-state index is 13.4. The van der Waals surface area contributed by atoms with Gasteiger partial charge in [0.25, 0.3) is 6.08 Å². The van der Waals surface area contributed by atoms with Gasteiger partial charge >= 0.3 is 0 Å². The van der Waals surface area contributed by atoms with E-state index in [1.165, 1.54) is 4.40 Å². The van der Waals surface area contributed by atoms with Gasteiger partial charge in [0.15, 0.2) is 0 Å². The van der Waals surface area contributed by atoms with Gasteiger partial charge in [0.1, 0.15) is 0 Å². The third-order valence-corrected chi connectivity index (χ3v) is 2.11. The molecule has 0 aliphatic carbocycles. The molecule has 0 atom stereocenters. The summed E-state index contributed by atoms with van der Waals surface area (Å²) in [5, 5.41) is 0. The summed E-state index contributed by atoms with van der Waals surface area (Å²) in [6, 6.07) is 0. The van der Waals surface area contributed by atoms with E-state index in [-0.39, 0.29) is 5.41 Å². The van der Waals surface area contributed by atoms with Gasteiger partial charge in [-0.3, -0.25) is 9.38 Å². The van der Waals surface area contributed by atoms with Crippen LogP contribution in [0.15, 0.2) is 18.6 Å². The highest BCUT2D eigenvalue weighted by Gasteiger charge is 2.22. The Labute approximate surface area is 81.6 Å². The third kappa shape index (κ3) is 1.27. The Morgan fingerprint density at radius 1 is 1.36 bits per heavy atom. The molecule has 0 bridgehead atoms. The Morgan fingerprint density at radius 3 is 2.71 bits per heavy atom. The van der Waals surface area contributed by atoms with Gasteiger partial charge in [0, 0.05) is 17.8 Å². The zero-order chi connectivity index (χ0) is 10.3. The first-order valence-electron chi connectivity index (χ1n) is 4.48. The molecule has 0 N–H and O–H groups in total. The molecule has 0 amide bonds. The lowest BCUT2D eigenvalue weighted by molar-refractivity contribution is 0.515. The van der Waals surface area contributed by atoms with Crippen LogP contribution in [0.25, 0.3) is 5.52 Å². The number of rotatable bonds is 0. The first kappa shape index (κ1) is 9.12. The second-order valence-corrected chi connectivity index (χ2v) is 4.31. The minimum atomic E-state index is -0.479. The van der Waals surface area contributed by atoms with Crippen LogP contribution in [0.2, 0.25) is 0 Å². The van der Waals surface area contributed by atoms with Crippen molar-refractivity contribution in [2.24, 2.45) is 0 Å². The molecule has 3 nitrogen and oxygen atoms in total. The molecule has 0 spiro atoms. The maximum Gasteiger partial charge on any atom is 0.294 e. The Kier molecular flexibility index (Phi) is 1.80. The van der Waals surface area contributed by atoms with E-state index in [0.717, 1.165) is 11.2 Å². The normalized spacial score (nSPS) is 12.3. The van der Waals surface area contributed by atoms with Gasteiger partial charge in [-0.15, -0.1) is 0 Å². The molecule has 74 valence electrons. The molecule has 0 fully saturated rings. The second kappa shape index (κ2) is 2.77. The molecule has 2 aromatic rings. The standard InChI is InChI=1S/C10H12FN3/c1-10(2,3)8-7-6-12-4-5-14(7)9(11)13-8/h4-6H,1-3H3. The Hall–Kier alpha value is -1.45. The van der Waals surface area contributed by atoms with Crippen LogP contribution in [-0.4, -0.2) is 14.4 Å². The topological polar surface area (TPSA) is 30.2 Å². The van der Waals surface area contributed by atoms with E-state index >= 15 is 0 Å². The zero-order valence-electron chi connectivity index (χ0n) is 8.45. The maximum atomic E-state index is 13.4. The molecule has 0 aliphatic rings. The summed E-state index contributed by atoms with van der Waals surface area (Å²) in [6.45, 7) is 6.01. The number of hydrogen-bond donors (Lipinski definition) is 0. The minimum Gasteiger partial charge on any atom is -0.273 e. The molecule has 0 aromatic carbocycles. The van der Waals surface area contributed by atoms with Crippen molar-refractivity contribution in [1.29, 1.82) is 0 Å². The smallest absolute Gasteiger partial charge is 0.273 e. The monoisotopic (exact) mass is 193 g/mol. The lowest BCUT2D eigenvalue weighted by Crippen LogP contribution is -2.12. The average molecular weight is 193 g/mol. The number of aromatic nitrogens is 3. The predicted octanol–water partition coefficient (Wildman–Crippen LogP) is 2.17. The molecule has 2 aromatic heterocycles. The number of imidazole rings is 1. The highest BCUT2D eigenvalue weighted by atomic mass is 19.1. The van der Waals surface area contributed by atoms with E-state index in [0.29, 0.717) is 0 Å². The fourth-order valence-corrected chi connectivity index (χ4v) is 1.45. The lowest BCUT2D eigenvalue weighted by atomic mass is 9.92. The van der Waals surface area contributed by atoms with Gasteiger partial charge < -0.3 is 0 Å².